The first-order valence-electron chi connectivity index (χ1n) is 5.21. The van der Waals surface area contributed by atoms with Crippen molar-refractivity contribution in [2.24, 2.45) is 11.7 Å². The standard InChI is InChI=1S/C11H18N2O3/c1-11(2,10(15)16-3)13-9(14)7-4-5-8(12)6-7/h4-5,7-8H,6,12H2,1-3H3,(H,13,14). The molecule has 0 aliphatic heterocycles. The fraction of sp³-hybridized carbons (Fsp3) is 0.636. The van der Waals surface area contributed by atoms with Crippen LogP contribution in [0.3, 0.4) is 0 Å². The predicted octanol–water partition coefficient (Wildman–Crippen LogP) is -0.0424. The summed E-state index contributed by atoms with van der Waals surface area (Å²) in [6, 6.07) is -0.0722. The Balaban J connectivity index is 2.58. The molecule has 2 unspecified atom stereocenters. The topological polar surface area (TPSA) is 81.4 Å². The number of carbonyl (C=O) groups excluding carboxylic acids is 2. The molecule has 0 saturated carbocycles. The summed E-state index contributed by atoms with van der Waals surface area (Å²) in [6.07, 6.45) is 4.16. The second-order valence-electron chi connectivity index (χ2n) is 4.50. The van der Waals surface area contributed by atoms with Crippen LogP contribution in [-0.4, -0.2) is 30.6 Å². The van der Waals surface area contributed by atoms with Gasteiger partial charge in [0.1, 0.15) is 5.54 Å². The largest absolute Gasteiger partial charge is 0.467 e. The first-order chi connectivity index (χ1) is 7.36. The van der Waals surface area contributed by atoms with E-state index in [9.17, 15) is 9.59 Å². The zero-order chi connectivity index (χ0) is 12.3. The normalized spacial score (nSPS) is 24.2. The number of carbonyl (C=O) groups is 2. The van der Waals surface area contributed by atoms with E-state index in [0.29, 0.717) is 6.42 Å². The summed E-state index contributed by atoms with van der Waals surface area (Å²) in [5.41, 5.74) is 4.65. The molecule has 1 aliphatic rings. The summed E-state index contributed by atoms with van der Waals surface area (Å²) in [6.45, 7) is 3.21. The summed E-state index contributed by atoms with van der Waals surface area (Å²) >= 11 is 0. The van der Waals surface area contributed by atoms with E-state index < -0.39 is 11.5 Å². The Hall–Kier alpha value is -1.36. The lowest BCUT2D eigenvalue weighted by atomic mass is 10.0. The molecule has 0 heterocycles. The molecule has 0 fully saturated rings. The lowest BCUT2D eigenvalue weighted by Crippen LogP contribution is -2.52. The van der Waals surface area contributed by atoms with Crippen molar-refractivity contribution in [1.82, 2.24) is 5.32 Å². The summed E-state index contributed by atoms with van der Waals surface area (Å²) in [5, 5.41) is 2.65. The molecule has 0 aromatic carbocycles. The maximum atomic E-state index is 11.8. The fourth-order valence-corrected chi connectivity index (χ4v) is 1.63. The Morgan fingerprint density at radius 2 is 2.06 bits per heavy atom. The van der Waals surface area contributed by atoms with Crippen molar-refractivity contribution >= 4 is 11.9 Å². The van der Waals surface area contributed by atoms with Crippen LogP contribution in [0.25, 0.3) is 0 Å². The molecule has 16 heavy (non-hydrogen) atoms. The van der Waals surface area contributed by atoms with E-state index in [2.05, 4.69) is 10.1 Å². The van der Waals surface area contributed by atoms with Crippen LogP contribution in [0, 0.1) is 5.92 Å². The third-order valence-electron chi connectivity index (χ3n) is 2.58. The molecule has 90 valence electrons. The summed E-state index contributed by atoms with van der Waals surface area (Å²) < 4.78 is 4.60. The molecule has 0 spiro atoms. The van der Waals surface area contributed by atoms with Crippen LogP contribution >= 0.6 is 0 Å². The van der Waals surface area contributed by atoms with Crippen molar-refractivity contribution in [3.05, 3.63) is 12.2 Å². The van der Waals surface area contributed by atoms with Gasteiger partial charge in [-0.25, -0.2) is 4.79 Å². The number of esters is 1. The van der Waals surface area contributed by atoms with Crippen molar-refractivity contribution in [3.63, 3.8) is 0 Å². The first-order valence-corrected chi connectivity index (χ1v) is 5.21. The van der Waals surface area contributed by atoms with Crippen molar-refractivity contribution < 1.29 is 14.3 Å². The monoisotopic (exact) mass is 226 g/mol. The van der Waals surface area contributed by atoms with Gasteiger partial charge in [0, 0.05) is 6.04 Å². The molecular weight excluding hydrogens is 208 g/mol. The minimum absolute atomic E-state index is 0.0722. The minimum Gasteiger partial charge on any atom is -0.467 e. The lowest BCUT2D eigenvalue weighted by Gasteiger charge is -2.24. The molecule has 0 aromatic rings. The molecular formula is C11H18N2O3. The molecule has 0 radical (unpaired) electrons. The Morgan fingerprint density at radius 1 is 1.44 bits per heavy atom. The van der Waals surface area contributed by atoms with Crippen LogP contribution in [0.4, 0.5) is 0 Å². The van der Waals surface area contributed by atoms with Crippen molar-refractivity contribution in [2.75, 3.05) is 7.11 Å². The van der Waals surface area contributed by atoms with Crippen LogP contribution in [0.1, 0.15) is 20.3 Å². The Kier molecular flexibility index (Phi) is 3.70. The van der Waals surface area contributed by atoms with Crippen molar-refractivity contribution in [2.45, 2.75) is 31.8 Å². The van der Waals surface area contributed by atoms with E-state index in [1.807, 2.05) is 0 Å². The number of nitrogens with two attached hydrogens (primary N) is 1. The number of ether oxygens (including phenoxy) is 1. The number of hydrogen-bond acceptors (Lipinski definition) is 4. The van der Waals surface area contributed by atoms with Gasteiger partial charge < -0.3 is 15.8 Å². The molecule has 0 aromatic heterocycles. The quantitative estimate of drug-likeness (QED) is 0.522. The Labute approximate surface area is 95.0 Å². The number of amides is 1. The van der Waals surface area contributed by atoms with Gasteiger partial charge in [-0.15, -0.1) is 0 Å². The first kappa shape index (κ1) is 12.7. The van der Waals surface area contributed by atoms with E-state index in [0.717, 1.165) is 0 Å². The molecule has 0 bridgehead atoms. The SMILES string of the molecule is COC(=O)C(C)(C)NC(=O)C1C=CC(N)C1. The van der Waals surface area contributed by atoms with Crippen LogP contribution in [-0.2, 0) is 14.3 Å². The Bertz CT molecular complexity index is 323. The summed E-state index contributed by atoms with van der Waals surface area (Å²) in [7, 11) is 1.29. The lowest BCUT2D eigenvalue weighted by molar-refractivity contribution is -0.149. The van der Waals surface area contributed by atoms with Gasteiger partial charge in [-0.3, -0.25) is 4.79 Å². The highest BCUT2D eigenvalue weighted by Crippen LogP contribution is 2.17. The Morgan fingerprint density at radius 3 is 2.50 bits per heavy atom. The highest BCUT2D eigenvalue weighted by Gasteiger charge is 2.33. The molecule has 5 nitrogen and oxygen atoms in total. The molecule has 3 N–H and O–H groups in total. The molecule has 1 amide bonds. The highest BCUT2D eigenvalue weighted by molar-refractivity contribution is 5.89. The third-order valence-corrected chi connectivity index (χ3v) is 2.58. The van der Waals surface area contributed by atoms with Gasteiger partial charge in [0.15, 0.2) is 0 Å². The van der Waals surface area contributed by atoms with Crippen LogP contribution in [0.2, 0.25) is 0 Å². The molecule has 2 atom stereocenters. The zero-order valence-corrected chi connectivity index (χ0v) is 9.82. The number of nitrogens with one attached hydrogen (secondary N) is 1. The second kappa shape index (κ2) is 4.65. The van der Waals surface area contributed by atoms with Gasteiger partial charge in [-0.1, -0.05) is 12.2 Å². The molecule has 1 aliphatic carbocycles. The van der Waals surface area contributed by atoms with Gasteiger partial charge in [0.25, 0.3) is 0 Å². The van der Waals surface area contributed by atoms with Gasteiger partial charge in [0.05, 0.1) is 13.0 Å². The summed E-state index contributed by atoms with van der Waals surface area (Å²) in [5.74, 6) is -0.911. The maximum absolute atomic E-state index is 11.8. The van der Waals surface area contributed by atoms with E-state index >= 15 is 0 Å². The number of rotatable bonds is 3. The van der Waals surface area contributed by atoms with Gasteiger partial charge in [-0.2, -0.15) is 0 Å². The van der Waals surface area contributed by atoms with E-state index in [1.54, 1.807) is 26.0 Å². The highest BCUT2D eigenvalue weighted by atomic mass is 16.5. The van der Waals surface area contributed by atoms with Crippen LogP contribution < -0.4 is 11.1 Å². The van der Waals surface area contributed by atoms with E-state index in [1.165, 1.54) is 7.11 Å². The van der Waals surface area contributed by atoms with Gasteiger partial charge in [0.2, 0.25) is 5.91 Å². The smallest absolute Gasteiger partial charge is 0.330 e. The fourth-order valence-electron chi connectivity index (χ4n) is 1.63. The van der Waals surface area contributed by atoms with Crippen molar-refractivity contribution in [1.29, 1.82) is 0 Å². The minimum atomic E-state index is -1.01. The second-order valence-corrected chi connectivity index (χ2v) is 4.50. The maximum Gasteiger partial charge on any atom is 0.330 e. The average Bonchev–Trinajstić information content (AvgIpc) is 2.63. The van der Waals surface area contributed by atoms with Crippen LogP contribution in [0.15, 0.2) is 12.2 Å². The zero-order valence-electron chi connectivity index (χ0n) is 9.82. The third kappa shape index (κ3) is 2.82. The molecule has 0 saturated heterocycles. The van der Waals surface area contributed by atoms with Gasteiger partial charge >= 0.3 is 5.97 Å². The molecule has 1 rings (SSSR count). The number of methoxy groups -OCH3 is 1. The average molecular weight is 226 g/mol. The van der Waals surface area contributed by atoms with E-state index in [4.69, 9.17) is 5.73 Å². The number of hydrogen-bond donors (Lipinski definition) is 2. The van der Waals surface area contributed by atoms with Crippen LogP contribution in [0.5, 0.6) is 0 Å². The van der Waals surface area contributed by atoms with E-state index in [-0.39, 0.29) is 17.9 Å². The molecule has 5 heteroatoms. The van der Waals surface area contributed by atoms with Crippen molar-refractivity contribution in [3.8, 4) is 0 Å². The summed E-state index contributed by atoms with van der Waals surface area (Å²) in [4.78, 5) is 23.2. The predicted molar refractivity (Wildman–Crippen MR) is 59.5 cm³/mol. The van der Waals surface area contributed by atoms with Gasteiger partial charge in [-0.05, 0) is 20.3 Å².